The highest BCUT2D eigenvalue weighted by atomic mass is 32.5. The average Bonchev–Trinajstić information content (AvgIpc) is 3.69. The SMILES string of the molecule is Nc1nc2c(ncn2[C@@H]2O[C@H](CO)C[C@H]2P(O)(=S)OCC[C@H]2O[C@@H](c3cnc4c(N)ncnn34)C[C@@H]2O)c(=O)[nH]1. The van der Waals surface area contributed by atoms with Crippen molar-refractivity contribution in [3.63, 3.8) is 0 Å². The van der Waals surface area contributed by atoms with Gasteiger partial charge in [0.1, 0.15) is 18.7 Å². The normalized spacial score (nSPS) is 28.5. The molecule has 2 aliphatic rings. The molecule has 6 rings (SSSR count). The number of anilines is 2. The Balaban J connectivity index is 1.15. The fourth-order valence-electron chi connectivity index (χ4n) is 5.17. The highest BCUT2D eigenvalue weighted by Crippen LogP contribution is 2.57. The maximum atomic E-state index is 12.2. The van der Waals surface area contributed by atoms with Crippen molar-refractivity contribution in [1.82, 2.24) is 39.1 Å². The minimum atomic E-state index is -3.55. The van der Waals surface area contributed by atoms with Crippen LogP contribution in [0.15, 0.2) is 23.6 Å². The van der Waals surface area contributed by atoms with Crippen molar-refractivity contribution in [2.75, 3.05) is 24.7 Å². The summed E-state index contributed by atoms with van der Waals surface area (Å²) in [5.74, 6) is 0.117. The minimum Gasteiger partial charge on any atom is -0.394 e. The zero-order valence-electron chi connectivity index (χ0n) is 20.8. The van der Waals surface area contributed by atoms with Crippen molar-refractivity contribution in [2.24, 2.45) is 0 Å². The predicted molar refractivity (Wildman–Crippen MR) is 142 cm³/mol. The largest absolute Gasteiger partial charge is 0.394 e. The van der Waals surface area contributed by atoms with Gasteiger partial charge in [-0.05, 0) is 24.6 Å². The Morgan fingerprint density at radius 3 is 2.85 bits per heavy atom. The average molecular weight is 595 g/mol. The molecule has 19 heteroatoms. The van der Waals surface area contributed by atoms with Gasteiger partial charge in [0.05, 0.1) is 55.4 Å². The van der Waals surface area contributed by atoms with Crippen LogP contribution in [0.2, 0.25) is 0 Å². The molecule has 7 atom stereocenters. The van der Waals surface area contributed by atoms with Crippen molar-refractivity contribution in [3.8, 4) is 0 Å². The van der Waals surface area contributed by atoms with Crippen LogP contribution in [0.5, 0.6) is 0 Å². The number of imidazole rings is 2. The second-order valence-electron chi connectivity index (χ2n) is 9.63. The molecular weight excluding hydrogens is 567 g/mol. The van der Waals surface area contributed by atoms with Crippen LogP contribution in [-0.2, 0) is 25.8 Å². The van der Waals surface area contributed by atoms with Gasteiger partial charge in [0.25, 0.3) is 5.56 Å². The van der Waals surface area contributed by atoms with E-state index in [4.69, 9.17) is 37.3 Å². The molecule has 1 unspecified atom stereocenters. The second-order valence-corrected chi connectivity index (χ2v) is 13.2. The number of aromatic nitrogens is 8. The number of aromatic amines is 1. The maximum absolute atomic E-state index is 12.2. The number of nitrogens with two attached hydrogens (primary N) is 2. The Morgan fingerprint density at radius 2 is 2.05 bits per heavy atom. The van der Waals surface area contributed by atoms with Gasteiger partial charge in [-0.1, -0.05) is 0 Å². The molecule has 214 valence electrons. The van der Waals surface area contributed by atoms with Crippen LogP contribution < -0.4 is 17.0 Å². The second kappa shape index (κ2) is 10.4. The zero-order chi connectivity index (χ0) is 28.2. The number of nitrogens with zero attached hydrogens (tertiary/aromatic N) is 7. The smallest absolute Gasteiger partial charge is 0.280 e. The molecule has 4 aromatic heterocycles. The number of nitrogen functional groups attached to an aromatic ring is 2. The quantitative estimate of drug-likeness (QED) is 0.133. The fraction of sp³-hybridized carbons (Fsp3) is 0.524. The van der Waals surface area contributed by atoms with E-state index in [0.717, 1.165) is 0 Å². The van der Waals surface area contributed by atoms with Gasteiger partial charge in [0.2, 0.25) is 5.95 Å². The molecule has 0 saturated carbocycles. The standard InChI is InChI=1S/C21H27N10O7PS/c22-16-18-24-5-10(31(18)27-7-25-16)13-4-11(33)12(38-13)1-2-36-39(35,40)14-3-9(6-32)37-20(14)30-8-26-15-17(30)28-21(23)29-19(15)34/h5,7-9,11-14,20,32-33H,1-4,6H2,(H,35,40)(H2,22,25,27)(H3,23,28,29,34)/t9-,11-,12+,13+,14+,20+,39?/m0/s1. The third-order valence-electron chi connectivity index (χ3n) is 7.10. The first kappa shape index (κ1) is 27.1. The van der Waals surface area contributed by atoms with E-state index in [1.807, 2.05) is 0 Å². The van der Waals surface area contributed by atoms with E-state index in [2.05, 4.69) is 30.0 Å². The Morgan fingerprint density at radius 1 is 1.23 bits per heavy atom. The van der Waals surface area contributed by atoms with Crippen LogP contribution in [0, 0.1) is 0 Å². The first-order valence-corrected chi connectivity index (χ1v) is 15.1. The molecule has 4 aromatic rings. The molecule has 0 bridgehead atoms. The first-order valence-electron chi connectivity index (χ1n) is 12.4. The van der Waals surface area contributed by atoms with Crippen molar-refractivity contribution in [2.45, 2.75) is 55.6 Å². The molecule has 0 spiro atoms. The number of fused-ring (bicyclic) bond motifs is 2. The lowest BCUT2D eigenvalue weighted by atomic mass is 10.1. The van der Waals surface area contributed by atoms with Crippen LogP contribution in [0.3, 0.4) is 0 Å². The number of ether oxygens (including phenoxy) is 2. The number of aliphatic hydroxyl groups is 2. The molecule has 0 aromatic carbocycles. The lowest BCUT2D eigenvalue weighted by molar-refractivity contribution is -0.0212. The van der Waals surface area contributed by atoms with Crippen molar-refractivity contribution in [1.29, 1.82) is 0 Å². The summed E-state index contributed by atoms with van der Waals surface area (Å²) >= 11 is 5.55. The summed E-state index contributed by atoms with van der Waals surface area (Å²) in [5, 5.41) is 24.6. The monoisotopic (exact) mass is 594 g/mol. The van der Waals surface area contributed by atoms with E-state index in [9.17, 15) is 19.9 Å². The molecule has 0 radical (unpaired) electrons. The molecule has 40 heavy (non-hydrogen) atoms. The van der Waals surface area contributed by atoms with Crippen molar-refractivity contribution in [3.05, 3.63) is 34.9 Å². The highest BCUT2D eigenvalue weighted by molar-refractivity contribution is 8.09. The summed E-state index contributed by atoms with van der Waals surface area (Å²) in [6.07, 6.45) is 1.57. The Hall–Kier alpha value is -3.09. The Labute approximate surface area is 230 Å². The van der Waals surface area contributed by atoms with Gasteiger partial charge in [-0.3, -0.25) is 14.3 Å². The number of H-pyrrole nitrogens is 1. The maximum Gasteiger partial charge on any atom is 0.280 e. The number of nitrogens with one attached hydrogen (secondary N) is 1. The summed E-state index contributed by atoms with van der Waals surface area (Å²) in [6, 6.07) is 0. The first-order chi connectivity index (χ1) is 19.2. The highest BCUT2D eigenvalue weighted by Gasteiger charge is 2.46. The van der Waals surface area contributed by atoms with Crippen LogP contribution in [0.25, 0.3) is 16.8 Å². The van der Waals surface area contributed by atoms with Crippen molar-refractivity contribution >= 4 is 46.9 Å². The van der Waals surface area contributed by atoms with Gasteiger partial charge in [-0.2, -0.15) is 10.1 Å². The van der Waals surface area contributed by atoms with Gasteiger partial charge in [0.15, 0.2) is 29.1 Å². The van der Waals surface area contributed by atoms with Crippen LogP contribution >= 0.6 is 6.49 Å². The summed E-state index contributed by atoms with van der Waals surface area (Å²) in [4.78, 5) is 42.3. The number of aliphatic hydroxyl groups excluding tert-OH is 2. The molecule has 8 N–H and O–H groups in total. The van der Waals surface area contributed by atoms with Gasteiger partial charge >= 0.3 is 0 Å². The summed E-state index contributed by atoms with van der Waals surface area (Å²) in [5.41, 5.74) is 11.5. The molecule has 2 aliphatic heterocycles. The summed E-state index contributed by atoms with van der Waals surface area (Å²) in [7, 11) is 0. The molecule has 6 heterocycles. The van der Waals surface area contributed by atoms with Gasteiger partial charge < -0.3 is 40.6 Å². The van der Waals surface area contributed by atoms with Gasteiger partial charge in [0, 0.05) is 6.42 Å². The third-order valence-corrected chi connectivity index (χ3v) is 10.1. The van der Waals surface area contributed by atoms with E-state index in [1.165, 1.54) is 21.7 Å². The summed E-state index contributed by atoms with van der Waals surface area (Å²) < 4.78 is 20.9. The topological polar surface area (TPSA) is 247 Å². The Bertz CT molecular complexity index is 1660. The Kier molecular flexibility index (Phi) is 7.04. The van der Waals surface area contributed by atoms with Gasteiger partial charge in [-0.15, -0.1) is 0 Å². The lowest BCUT2D eigenvalue weighted by Gasteiger charge is -2.27. The molecule has 0 aliphatic carbocycles. The van der Waals surface area contributed by atoms with Crippen LogP contribution in [-0.4, -0.2) is 91.4 Å². The number of rotatable bonds is 8. The summed E-state index contributed by atoms with van der Waals surface area (Å²) in [6.45, 7) is -3.86. The van der Waals surface area contributed by atoms with E-state index < -0.39 is 48.4 Å². The van der Waals surface area contributed by atoms with Crippen LogP contribution in [0.1, 0.15) is 37.3 Å². The van der Waals surface area contributed by atoms with Crippen molar-refractivity contribution < 1.29 is 29.1 Å². The molecule has 2 fully saturated rings. The molecule has 0 amide bonds. The molecule has 17 nitrogen and oxygen atoms in total. The fourth-order valence-corrected chi connectivity index (χ4v) is 7.56. The van der Waals surface area contributed by atoms with Gasteiger partial charge in [-0.25, -0.2) is 19.5 Å². The van der Waals surface area contributed by atoms with E-state index >= 15 is 0 Å². The van der Waals surface area contributed by atoms with Crippen LogP contribution in [0.4, 0.5) is 11.8 Å². The van der Waals surface area contributed by atoms with E-state index in [1.54, 1.807) is 6.20 Å². The minimum absolute atomic E-state index is 0.00690. The number of hydrogen-bond donors (Lipinski definition) is 6. The van der Waals surface area contributed by atoms with E-state index in [-0.39, 0.29) is 49.0 Å². The predicted octanol–water partition coefficient (Wildman–Crippen LogP) is -1.03. The third kappa shape index (κ3) is 4.75. The molecule has 2 saturated heterocycles. The van der Waals surface area contributed by atoms with E-state index in [0.29, 0.717) is 17.8 Å². The number of hydrogen-bond acceptors (Lipinski definition) is 14. The zero-order valence-corrected chi connectivity index (χ0v) is 22.6. The lowest BCUT2D eigenvalue weighted by Crippen LogP contribution is -2.24. The molecular formula is C21H27N10O7PS.